The number of unbranched alkanes of at least 4 members (excludes halogenated alkanes) is 8. The van der Waals surface area contributed by atoms with Gasteiger partial charge in [0.2, 0.25) is 11.8 Å². The van der Waals surface area contributed by atoms with E-state index in [2.05, 4.69) is 83.7 Å². The van der Waals surface area contributed by atoms with Crippen LogP contribution in [0.15, 0.2) is 0 Å². The Morgan fingerprint density at radius 1 is 0.339 bits per heavy atom. The SMILES string of the molecule is CCCCC(=O)CCCCCNCCCCCNCCC(=O)NCCC.CCCCC(=O)CCN(CCN)CCNCCC.CCCNCCCCCNCCC(=O)NCCC. The maximum Gasteiger partial charge on any atom is 0.221 e. The second kappa shape index (κ2) is 57.0. The summed E-state index contributed by atoms with van der Waals surface area (Å²) in [5.41, 5.74) is 5.60. The summed E-state index contributed by atoms with van der Waals surface area (Å²) in [5, 5.41) is 22.7. The van der Waals surface area contributed by atoms with Gasteiger partial charge in [0, 0.05) is 97.4 Å². The van der Waals surface area contributed by atoms with Gasteiger partial charge in [-0.15, -0.1) is 0 Å². The van der Waals surface area contributed by atoms with Crippen molar-refractivity contribution in [1.29, 1.82) is 0 Å². The Morgan fingerprint density at radius 3 is 1.13 bits per heavy atom. The maximum absolute atomic E-state index is 11.6. The van der Waals surface area contributed by atoms with Crippen LogP contribution in [0.1, 0.15) is 189 Å². The van der Waals surface area contributed by atoms with Crippen molar-refractivity contribution in [3.8, 4) is 0 Å². The first-order valence-corrected chi connectivity index (χ1v) is 25.8. The van der Waals surface area contributed by atoms with E-state index in [9.17, 15) is 19.2 Å². The molecule has 0 unspecified atom stereocenters. The lowest BCUT2D eigenvalue weighted by Crippen LogP contribution is -2.37. The van der Waals surface area contributed by atoms with Gasteiger partial charge in [-0.2, -0.15) is 0 Å². The van der Waals surface area contributed by atoms with Gasteiger partial charge in [0.05, 0.1) is 0 Å². The van der Waals surface area contributed by atoms with E-state index in [4.69, 9.17) is 5.73 Å². The molecule has 0 aliphatic heterocycles. The van der Waals surface area contributed by atoms with E-state index >= 15 is 0 Å². The Bertz CT molecular complexity index is 913. The molecule has 0 aromatic carbocycles. The van der Waals surface area contributed by atoms with E-state index in [1.165, 1.54) is 44.9 Å². The molecule has 0 fully saturated rings. The molecule has 0 aromatic heterocycles. The first-order valence-electron chi connectivity index (χ1n) is 25.8. The van der Waals surface area contributed by atoms with Gasteiger partial charge in [0.15, 0.2) is 0 Å². The van der Waals surface area contributed by atoms with Gasteiger partial charge in [-0.3, -0.25) is 19.2 Å². The molecule has 62 heavy (non-hydrogen) atoms. The van der Waals surface area contributed by atoms with Crippen molar-refractivity contribution in [3.63, 3.8) is 0 Å². The molecule has 9 N–H and O–H groups in total. The number of amides is 2. The molecule has 370 valence electrons. The van der Waals surface area contributed by atoms with Gasteiger partial charge < -0.3 is 47.9 Å². The molecule has 0 bridgehead atoms. The average Bonchev–Trinajstić information content (AvgIpc) is 3.27. The Kier molecular flexibility index (Phi) is 59.1. The zero-order valence-electron chi connectivity index (χ0n) is 41.7. The van der Waals surface area contributed by atoms with Crippen molar-refractivity contribution in [2.24, 2.45) is 5.73 Å². The van der Waals surface area contributed by atoms with Crippen molar-refractivity contribution >= 4 is 23.4 Å². The summed E-state index contributed by atoms with van der Waals surface area (Å²) in [4.78, 5) is 48.1. The summed E-state index contributed by atoms with van der Waals surface area (Å²) in [6.45, 7) is 27.7. The molecule has 0 saturated heterocycles. The molecule has 13 heteroatoms. The first-order chi connectivity index (χ1) is 30.2. The van der Waals surface area contributed by atoms with Crippen LogP contribution in [-0.2, 0) is 19.2 Å². The van der Waals surface area contributed by atoms with Crippen LogP contribution < -0.4 is 43.0 Å². The van der Waals surface area contributed by atoms with Crippen molar-refractivity contribution in [1.82, 2.24) is 42.1 Å². The monoisotopic (exact) mass is 884 g/mol. The summed E-state index contributed by atoms with van der Waals surface area (Å²) < 4.78 is 0. The minimum atomic E-state index is 0.147. The number of rotatable bonds is 46. The smallest absolute Gasteiger partial charge is 0.221 e. The third-order valence-electron chi connectivity index (χ3n) is 10.2. The van der Waals surface area contributed by atoms with Crippen molar-refractivity contribution < 1.29 is 19.2 Å². The Balaban J connectivity index is -0.000000866. The molecule has 0 aliphatic carbocycles. The zero-order valence-corrected chi connectivity index (χ0v) is 41.7. The maximum atomic E-state index is 11.6. The molecule has 0 heterocycles. The van der Waals surface area contributed by atoms with Gasteiger partial charge in [-0.1, -0.05) is 73.6 Å². The molecule has 13 nitrogen and oxygen atoms in total. The highest BCUT2D eigenvalue weighted by molar-refractivity contribution is 5.78. The van der Waals surface area contributed by atoms with E-state index in [1.54, 1.807) is 0 Å². The van der Waals surface area contributed by atoms with E-state index in [0.717, 1.165) is 182 Å². The number of carbonyl (C=O) groups is 4. The lowest BCUT2D eigenvalue weighted by atomic mass is 10.1. The standard InChI is InChI=1S/C21H43N3O2.2C14H31N3O/c1-3-5-12-20(25)13-8-6-9-16-22-17-10-7-11-18-23-19-14-21(26)24-15-4-2;1-3-9-15-11-6-5-7-12-16-13-8-14(18)17-10-4-2;1-3-5-6-14(18)7-11-17(12-8-15)13-10-16-9-4-2/h22-23H,3-19H2,1-2H3,(H,24,26);15-16H,3-13H2,1-2H3,(H,17,18);16H,3-13,15H2,1-2H3. The molecule has 0 radical (unpaired) electrons. The quantitative estimate of drug-likeness (QED) is 0.0308. The fourth-order valence-corrected chi connectivity index (χ4v) is 6.23. The van der Waals surface area contributed by atoms with Crippen LogP contribution in [-0.4, -0.2) is 133 Å². The molecule has 0 spiro atoms. The molecule has 0 atom stereocenters. The van der Waals surface area contributed by atoms with E-state index in [1.807, 2.05) is 0 Å². The second-order valence-corrected chi connectivity index (χ2v) is 16.5. The number of carbonyl (C=O) groups excluding carboxylic acids is 4. The van der Waals surface area contributed by atoms with E-state index in [0.29, 0.717) is 37.4 Å². The molecule has 2 amide bonds. The van der Waals surface area contributed by atoms with Crippen LogP contribution in [0.3, 0.4) is 0 Å². The Hall–Kier alpha value is -2.00. The van der Waals surface area contributed by atoms with Crippen LogP contribution in [0, 0.1) is 0 Å². The molecular formula is C49H105N9O4. The minimum Gasteiger partial charge on any atom is -0.356 e. The van der Waals surface area contributed by atoms with Crippen LogP contribution in [0.25, 0.3) is 0 Å². The zero-order chi connectivity index (χ0) is 46.4. The summed E-state index contributed by atoms with van der Waals surface area (Å²) in [6.07, 6.45) is 23.4. The predicted molar refractivity (Wildman–Crippen MR) is 266 cm³/mol. The lowest BCUT2D eigenvalue weighted by molar-refractivity contribution is -0.121. The van der Waals surface area contributed by atoms with Gasteiger partial charge in [-0.05, 0) is 123 Å². The van der Waals surface area contributed by atoms with Gasteiger partial charge in [0.1, 0.15) is 11.6 Å². The van der Waals surface area contributed by atoms with Crippen molar-refractivity contribution in [2.45, 2.75) is 189 Å². The van der Waals surface area contributed by atoms with Crippen LogP contribution in [0.4, 0.5) is 0 Å². The first kappa shape index (κ1) is 64.3. The fraction of sp³-hybridized carbons (Fsp3) is 0.918. The van der Waals surface area contributed by atoms with Gasteiger partial charge >= 0.3 is 0 Å². The minimum absolute atomic E-state index is 0.147. The number of ketones is 2. The molecular weight excluding hydrogens is 779 g/mol. The van der Waals surface area contributed by atoms with E-state index in [-0.39, 0.29) is 11.8 Å². The normalized spacial score (nSPS) is 10.8. The fourth-order valence-electron chi connectivity index (χ4n) is 6.23. The molecule has 0 saturated carbocycles. The largest absolute Gasteiger partial charge is 0.356 e. The second-order valence-electron chi connectivity index (χ2n) is 16.5. The number of nitrogens with zero attached hydrogens (tertiary/aromatic N) is 1. The van der Waals surface area contributed by atoms with Crippen molar-refractivity contribution in [3.05, 3.63) is 0 Å². The highest BCUT2D eigenvalue weighted by Crippen LogP contribution is 2.05. The molecule has 0 rings (SSSR count). The van der Waals surface area contributed by atoms with Crippen LogP contribution in [0.5, 0.6) is 0 Å². The average molecular weight is 884 g/mol. The van der Waals surface area contributed by atoms with Gasteiger partial charge in [0.25, 0.3) is 0 Å². The molecule has 0 aliphatic rings. The summed E-state index contributed by atoms with van der Waals surface area (Å²) in [5.74, 6) is 1.14. The number of Topliss-reactive ketones (excluding diaryl/α,β-unsaturated/α-hetero) is 2. The summed E-state index contributed by atoms with van der Waals surface area (Å²) >= 11 is 0. The Labute approximate surface area is 383 Å². The predicted octanol–water partition coefficient (Wildman–Crippen LogP) is 6.63. The third-order valence-corrected chi connectivity index (χ3v) is 10.2. The van der Waals surface area contributed by atoms with Gasteiger partial charge in [-0.25, -0.2) is 0 Å². The highest BCUT2D eigenvalue weighted by atomic mass is 16.2. The lowest BCUT2D eigenvalue weighted by Gasteiger charge is -2.21. The summed E-state index contributed by atoms with van der Waals surface area (Å²) in [7, 11) is 0. The van der Waals surface area contributed by atoms with Crippen molar-refractivity contribution in [2.75, 3.05) is 105 Å². The van der Waals surface area contributed by atoms with Crippen LogP contribution >= 0.6 is 0 Å². The number of nitrogens with two attached hydrogens (primary N) is 1. The van der Waals surface area contributed by atoms with Crippen LogP contribution in [0.2, 0.25) is 0 Å². The number of hydrogen-bond acceptors (Lipinski definition) is 11. The highest BCUT2D eigenvalue weighted by Gasteiger charge is 2.08. The molecule has 0 aromatic rings. The summed E-state index contributed by atoms with van der Waals surface area (Å²) in [6, 6.07) is 0. The topological polar surface area (TPSA) is 182 Å². The van der Waals surface area contributed by atoms with E-state index < -0.39 is 0 Å². The Morgan fingerprint density at radius 2 is 0.710 bits per heavy atom. The third kappa shape index (κ3) is 58.0. The number of hydrogen-bond donors (Lipinski definition) is 8. The number of nitrogens with one attached hydrogen (secondary N) is 7.